The average molecular weight is 332 g/mol. The van der Waals surface area contributed by atoms with Crippen LogP contribution in [0.4, 0.5) is 5.69 Å². The second kappa shape index (κ2) is 6.60. The molecule has 2 saturated heterocycles. The first-order valence-electron chi connectivity index (χ1n) is 8.03. The summed E-state index contributed by atoms with van der Waals surface area (Å²) in [7, 11) is 0. The van der Waals surface area contributed by atoms with E-state index in [2.05, 4.69) is 0 Å². The molecule has 7 heteroatoms. The number of ether oxygens (including phenoxy) is 1. The van der Waals surface area contributed by atoms with Crippen molar-refractivity contribution in [3.8, 4) is 0 Å². The van der Waals surface area contributed by atoms with Gasteiger partial charge in [-0.2, -0.15) is 0 Å². The van der Waals surface area contributed by atoms with E-state index in [4.69, 9.17) is 9.84 Å². The molecule has 0 radical (unpaired) electrons. The molecule has 0 aromatic heterocycles. The molecule has 1 aromatic rings. The summed E-state index contributed by atoms with van der Waals surface area (Å²) in [6.45, 7) is 2.77. The Morgan fingerprint density at radius 2 is 2.08 bits per heavy atom. The molecule has 2 amide bonds. The first-order valence-corrected chi connectivity index (χ1v) is 8.03. The normalized spacial score (nSPS) is 24.3. The first-order chi connectivity index (χ1) is 11.5. The molecule has 24 heavy (non-hydrogen) atoms. The van der Waals surface area contributed by atoms with Crippen LogP contribution in [-0.4, -0.2) is 59.6 Å². The van der Waals surface area contributed by atoms with Crippen molar-refractivity contribution < 1.29 is 24.2 Å². The van der Waals surface area contributed by atoms with Crippen LogP contribution in [0, 0.1) is 0 Å². The van der Waals surface area contributed by atoms with Gasteiger partial charge in [0.1, 0.15) is 0 Å². The zero-order valence-electron chi connectivity index (χ0n) is 13.5. The van der Waals surface area contributed by atoms with Gasteiger partial charge in [-0.15, -0.1) is 0 Å². The summed E-state index contributed by atoms with van der Waals surface area (Å²) < 4.78 is 5.34. The van der Waals surface area contributed by atoms with E-state index in [0.717, 1.165) is 6.42 Å². The van der Waals surface area contributed by atoms with E-state index in [1.54, 1.807) is 30.0 Å². The van der Waals surface area contributed by atoms with Crippen LogP contribution in [0.1, 0.15) is 30.1 Å². The number of aliphatic carboxylic acids is 1. The van der Waals surface area contributed by atoms with Crippen molar-refractivity contribution in [1.82, 2.24) is 4.90 Å². The van der Waals surface area contributed by atoms with E-state index >= 15 is 0 Å². The van der Waals surface area contributed by atoms with Crippen molar-refractivity contribution in [2.45, 2.75) is 32.0 Å². The summed E-state index contributed by atoms with van der Waals surface area (Å²) in [5, 5.41) is 9.14. The first kappa shape index (κ1) is 16.4. The summed E-state index contributed by atoms with van der Waals surface area (Å²) >= 11 is 0. The number of rotatable bonds is 3. The standard InChI is InChI=1S/C17H20N2O5/c1-11-9-18(10-14(24-11)17(22)23)16(21)12-4-2-5-13(8-12)19-7-3-6-15(19)20/h2,4-5,8,11,14H,3,6-7,9-10H2,1H3,(H,22,23)/t11-,14?/m1/s1. The van der Waals surface area contributed by atoms with Gasteiger partial charge in [0.25, 0.3) is 5.91 Å². The molecule has 128 valence electrons. The fourth-order valence-corrected chi connectivity index (χ4v) is 3.16. The van der Waals surface area contributed by atoms with E-state index in [-0.39, 0.29) is 24.5 Å². The molecule has 0 saturated carbocycles. The van der Waals surface area contributed by atoms with Crippen molar-refractivity contribution in [2.24, 2.45) is 0 Å². The third-order valence-electron chi connectivity index (χ3n) is 4.30. The van der Waals surface area contributed by atoms with Gasteiger partial charge in [-0.3, -0.25) is 9.59 Å². The van der Waals surface area contributed by atoms with Crippen molar-refractivity contribution in [3.05, 3.63) is 29.8 Å². The van der Waals surface area contributed by atoms with Gasteiger partial charge in [-0.1, -0.05) is 6.07 Å². The van der Waals surface area contributed by atoms with Gasteiger partial charge in [-0.25, -0.2) is 4.79 Å². The lowest BCUT2D eigenvalue weighted by Gasteiger charge is -2.35. The zero-order valence-corrected chi connectivity index (χ0v) is 13.5. The lowest BCUT2D eigenvalue weighted by molar-refractivity contribution is -0.160. The molecule has 0 bridgehead atoms. The molecule has 2 aliphatic heterocycles. The number of carbonyl (C=O) groups is 3. The Morgan fingerprint density at radius 1 is 1.29 bits per heavy atom. The Bertz CT molecular complexity index is 675. The van der Waals surface area contributed by atoms with E-state index in [1.165, 1.54) is 4.90 Å². The Morgan fingerprint density at radius 3 is 2.75 bits per heavy atom. The molecule has 2 fully saturated rings. The number of hydrogen-bond donors (Lipinski definition) is 1. The molecule has 2 atom stereocenters. The highest BCUT2D eigenvalue weighted by Crippen LogP contribution is 2.23. The molecule has 2 heterocycles. The lowest BCUT2D eigenvalue weighted by Crippen LogP contribution is -2.51. The fourth-order valence-electron chi connectivity index (χ4n) is 3.16. The SMILES string of the molecule is C[C@@H]1CN(C(=O)c2cccc(N3CCCC3=O)c2)CC(C(=O)O)O1. The topological polar surface area (TPSA) is 87.2 Å². The quantitative estimate of drug-likeness (QED) is 0.896. The number of amides is 2. The fraction of sp³-hybridized carbons (Fsp3) is 0.471. The molecule has 0 spiro atoms. The minimum Gasteiger partial charge on any atom is -0.479 e. The molecule has 1 unspecified atom stereocenters. The highest BCUT2D eigenvalue weighted by Gasteiger charge is 2.33. The lowest BCUT2D eigenvalue weighted by atomic mass is 10.1. The highest BCUT2D eigenvalue weighted by atomic mass is 16.5. The van der Waals surface area contributed by atoms with Gasteiger partial charge < -0.3 is 19.6 Å². The van der Waals surface area contributed by atoms with Crippen LogP contribution in [0.3, 0.4) is 0 Å². The number of carboxylic acid groups (broad SMARTS) is 1. The van der Waals surface area contributed by atoms with Gasteiger partial charge in [0, 0.05) is 30.8 Å². The van der Waals surface area contributed by atoms with Crippen LogP contribution in [0.5, 0.6) is 0 Å². The van der Waals surface area contributed by atoms with E-state index in [0.29, 0.717) is 30.8 Å². The molecule has 3 rings (SSSR count). The minimum atomic E-state index is -1.07. The number of benzene rings is 1. The van der Waals surface area contributed by atoms with Gasteiger partial charge in [0.2, 0.25) is 5.91 Å². The average Bonchev–Trinajstić information content (AvgIpc) is 2.99. The van der Waals surface area contributed by atoms with E-state index < -0.39 is 12.1 Å². The summed E-state index contributed by atoms with van der Waals surface area (Å²) in [5.74, 6) is -1.26. The summed E-state index contributed by atoms with van der Waals surface area (Å²) in [5.41, 5.74) is 1.16. The summed E-state index contributed by atoms with van der Waals surface area (Å²) in [6, 6.07) is 6.93. The molecular weight excluding hydrogens is 312 g/mol. The van der Waals surface area contributed by atoms with Gasteiger partial charge in [0.15, 0.2) is 6.10 Å². The summed E-state index contributed by atoms with van der Waals surface area (Å²) in [4.78, 5) is 38.9. The van der Waals surface area contributed by atoms with E-state index in [9.17, 15) is 14.4 Å². The predicted molar refractivity (Wildman–Crippen MR) is 85.9 cm³/mol. The van der Waals surface area contributed by atoms with E-state index in [1.807, 2.05) is 6.07 Å². The van der Waals surface area contributed by atoms with Crippen molar-refractivity contribution in [3.63, 3.8) is 0 Å². The molecule has 1 aromatic carbocycles. The van der Waals surface area contributed by atoms with Crippen LogP contribution in [0.2, 0.25) is 0 Å². The van der Waals surface area contributed by atoms with Crippen molar-refractivity contribution in [1.29, 1.82) is 0 Å². The third-order valence-corrected chi connectivity index (χ3v) is 4.30. The van der Waals surface area contributed by atoms with Crippen LogP contribution < -0.4 is 4.90 Å². The predicted octanol–water partition coefficient (Wildman–Crippen LogP) is 1.13. The minimum absolute atomic E-state index is 0.0192. The van der Waals surface area contributed by atoms with Gasteiger partial charge in [0.05, 0.1) is 12.6 Å². The van der Waals surface area contributed by atoms with Crippen LogP contribution in [0.25, 0.3) is 0 Å². The monoisotopic (exact) mass is 332 g/mol. The van der Waals surface area contributed by atoms with Crippen LogP contribution in [-0.2, 0) is 14.3 Å². The smallest absolute Gasteiger partial charge is 0.334 e. The second-order valence-corrected chi connectivity index (χ2v) is 6.18. The largest absolute Gasteiger partial charge is 0.479 e. The maximum Gasteiger partial charge on any atom is 0.334 e. The highest BCUT2D eigenvalue weighted by molar-refractivity contribution is 5.99. The van der Waals surface area contributed by atoms with Crippen LogP contribution in [0.15, 0.2) is 24.3 Å². The van der Waals surface area contributed by atoms with Crippen LogP contribution >= 0.6 is 0 Å². The zero-order chi connectivity index (χ0) is 17.3. The van der Waals surface area contributed by atoms with Crippen molar-refractivity contribution in [2.75, 3.05) is 24.5 Å². The number of morpholine rings is 1. The maximum absolute atomic E-state index is 12.7. The maximum atomic E-state index is 12.7. The molecule has 1 N–H and O–H groups in total. The number of nitrogens with zero attached hydrogens (tertiary/aromatic N) is 2. The number of hydrogen-bond acceptors (Lipinski definition) is 4. The summed E-state index contributed by atoms with van der Waals surface area (Å²) in [6.07, 6.45) is -0.00857. The molecular formula is C17H20N2O5. The third kappa shape index (κ3) is 3.26. The van der Waals surface area contributed by atoms with Gasteiger partial charge in [-0.05, 0) is 31.5 Å². The molecule has 2 aliphatic rings. The number of carboxylic acids is 1. The Balaban J connectivity index is 1.79. The molecule has 0 aliphatic carbocycles. The number of anilines is 1. The van der Waals surface area contributed by atoms with Crippen molar-refractivity contribution >= 4 is 23.5 Å². The Hall–Kier alpha value is -2.41. The number of carbonyl (C=O) groups excluding carboxylic acids is 2. The van der Waals surface area contributed by atoms with Gasteiger partial charge >= 0.3 is 5.97 Å². The molecule has 7 nitrogen and oxygen atoms in total. The second-order valence-electron chi connectivity index (χ2n) is 6.18. The Labute approximate surface area is 139 Å². The Kier molecular flexibility index (Phi) is 4.53.